The minimum atomic E-state index is -0.366. The third kappa shape index (κ3) is 4.44. The third-order valence-corrected chi connectivity index (χ3v) is 4.60. The quantitative estimate of drug-likeness (QED) is 0.587. The zero-order valence-corrected chi connectivity index (χ0v) is 14.0. The van der Waals surface area contributed by atoms with E-state index in [1.54, 1.807) is 18.2 Å². The number of nitro groups is 1. The molecule has 1 atom stereocenters. The number of carbonyl (C=O) groups excluding carboxylic acids is 1. The van der Waals surface area contributed by atoms with Crippen LogP contribution >= 0.6 is 0 Å². The summed E-state index contributed by atoms with van der Waals surface area (Å²) in [6.45, 7) is 3.30. The van der Waals surface area contributed by atoms with E-state index in [9.17, 15) is 14.9 Å². The van der Waals surface area contributed by atoms with Gasteiger partial charge in [-0.2, -0.15) is 0 Å². The normalized spacial score (nSPS) is 16.7. The Morgan fingerprint density at radius 2 is 2.08 bits per heavy atom. The minimum Gasteiger partial charge on any atom is -0.396 e. The van der Waals surface area contributed by atoms with Crippen molar-refractivity contribution >= 4 is 17.3 Å². The standard InChI is InChI=1S/C17H25N3O4/c1-2-14(9-12-21)18-17(22)13-7-10-19(11-8-13)15-5-3-4-6-16(15)20(23)24/h3-6,13-14,21H,2,7-12H2,1H3,(H,18,22). The Hall–Kier alpha value is -2.15. The van der Waals surface area contributed by atoms with Gasteiger partial charge in [-0.05, 0) is 31.7 Å². The number of piperidine rings is 1. The van der Waals surface area contributed by atoms with Crippen molar-refractivity contribution in [2.75, 3.05) is 24.6 Å². The average Bonchev–Trinajstić information content (AvgIpc) is 2.61. The SMILES string of the molecule is CCC(CCO)NC(=O)C1CCN(c2ccccc2[N+](=O)[O-])CC1. The molecular weight excluding hydrogens is 310 g/mol. The number of rotatable bonds is 7. The van der Waals surface area contributed by atoms with Crippen molar-refractivity contribution in [3.8, 4) is 0 Å². The second-order valence-corrected chi connectivity index (χ2v) is 6.13. The number of aliphatic hydroxyl groups excluding tert-OH is 1. The monoisotopic (exact) mass is 335 g/mol. The Morgan fingerprint density at radius 3 is 2.67 bits per heavy atom. The molecule has 2 rings (SSSR count). The fourth-order valence-corrected chi connectivity index (χ4v) is 3.12. The van der Waals surface area contributed by atoms with Crippen LogP contribution in [0.1, 0.15) is 32.6 Å². The van der Waals surface area contributed by atoms with Gasteiger partial charge >= 0.3 is 0 Å². The van der Waals surface area contributed by atoms with Crippen LogP contribution in [0.25, 0.3) is 0 Å². The lowest BCUT2D eigenvalue weighted by Gasteiger charge is -2.33. The first kappa shape index (κ1) is 18.2. The minimum absolute atomic E-state index is 0.00994. The number of hydrogen-bond donors (Lipinski definition) is 2. The first-order valence-corrected chi connectivity index (χ1v) is 8.46. The highest BCUT2D eigenvalue weighted by Crippen LogP contribution is 2.31. The first-order valence-electron chi connectivity index (χ1n) is 8.46. The van der Waals surface area contributed by atoms with Gasteiger partial charge in [0.1, 0.15) is 5.69 Å². The van der Waals surface area contributed by atoms with Gasteiger partial charge < -0.3 is 15.3 Å². The van der Waals surface area contributed by atoms with E-state index in [0.29, 0.717) is 38.0 Å². The van der Waals surface area contributed by atoms with E-state index < -0.39 is 0 Å². The number of anilines is 1. The first-order chi connectivity index (χ1) is 11.6. The van der Waals surface area contributed by atoms with Gasteiger partial charge in [-0.3, -0.25) is 14.9 Å². The molecule has 1 aromatic rings. The van der Waals surface area contributed by atoms with Crippen LogP contribution in [-0.2, 0) is 4.79 Å². The average molecular weight is 335 g/mol. The van der Waals surface area contributed by atoms with Crippen LogP contribution in [0.5, 0.6) is 0 Å². The smallest absolute Gasteiger partial charge is 0.292 e. The molecule has 7 nitrogen and oxygen atoms in total. The van der Waals surface area contributed by atoms with Crippen LogP contribution in [-0.4, -0.2) is 41.7 Å². The maximum atomic E-state index is 12.3. The zero-order valence-electron chi connectivity index (χ0n) is 14.0. The van der Waals surface area contributed by atoms with Gasteiger partial charge in [0.15, 0.2) is 0 Å². The van der Waals surface area contributed by atoms with Crippen molar-refractivity contribution in [1.29, 1.82) is 0 Å². The summed E-state index contributed by atoms with van der Waals surface area (Å²) in [6.07, 6.45) is 2.71. The van der Waals surface area contributed by atoms with Crippen molar-refractivity contribution in [2.45, 2.75) is 38.6 Å². The molecule has 24 heavy (non-hydrogen) atoms. The predicted octanol–water partition coefficient (Wildman–Crippen LogP) is 2.09. The van der Waals surface area contributed by atoms with Crippen LogP contribution in [0, 0.1) is 16.0 Å². The number of para-hydroxylation sites is 2. The number of amides is 1. The fraction of sp³-hybridized carbons (Fsp3) is 0.588. The van der Waals surface area contributed by atoms with E-state index in [1.807, 2.05) is 11.8 Å². The molecule has 0 bridgehead atoms. The molecule has 1 aliphatic rings. The summed E-state index contributed by atoms with van der Waals surface area (Å²) in [5.74, 6) is -0.0470. The van der Waals surface area contributed by atoms with E-state index in [4.69, 9.17) is 5.11 Å². The van der Waals surface area contributed by atoms with Gasteiger partial charge in [-0.25, -0.2) is 0 Å². The van der Waals surface area contributed by atoms with Crippen molar-refractivity contribution in [1.82, 2.24) is 5.32 Å². The molecule has 1 aromatic carbocycles. The summed E-state index contributed by atoms with van der Waals surface area (Å²) < 4.78 is 0. The lowest BCUT2D eigenvalue weighted by Crippen LogP contribution is -2.44. The second kappa shape index (κ2) is 8.63. The molecule has 1 saturated heterocycles. The summed E-state index contributed by atoms with van der Waals surface area (Å²) in [6, 6.07) is 6.73. The van der Waals surface area contributed by atoms with Crippen molar-refractivity contribution < 1.29 is 14.8 Å². The molecule has 0 aromatic heterocycles. The Morgan fingerprint density at radius 1 is 1.42 bits per heavy atom. The third-order valence-electron chi connectivity index (χ3n) is 4.60. The van der Waals surface area contributed by atoms with Crippen molar-refractivity contribution in [2.24, 2.45) is 5.92 Å². The molecule has 1 unspecified atom stereocenters. The van der Waals surface area contributed by atoms with Gasteiger partial charge in [-0.1, -0.05) is 19.1 Å². The number of nitrogens with one attached hydrogen (secondary N) is 1. The maximum absolute atomic E-state index is 12.3. The number of benzene rings is 1. The summed E-state index contributed by atoms with van der Waals surface area (Å²) >= 11 is 0. The molecule has 1 fully saturated rings. The molecular formula is C17H25N3O4. The number of hydrogen-bond acceptors (Lipinski definition) is 5. The van der Waals surface area contributed by atoms with E-state index in [0.717, 1.165) is 6.42 Å². The van der Waals surface area contributed by atoms with Crippen LogP contribution in [0.2, 0.25) is 0 Å². The maximum Gasteiger partial charge on any atom is 0.292 e. The van der Waals surface area contributed by atoms with E-state index in [-0.39, 0.29) is 35.1 Å². The molecule has 1 amide bonds. The Balaban J connectivity index is 1.94. The Bertz CT molecular complexity index is 571. The highest BCUT2D eigenvalue weighted by Gasteiger charge is 2.28. The van der Waals surface area contributed by atoms with Gasteiger partial charge in [0, 0.05) is 37.7 Å². The van der Waals surface area contributed by atoms with Crippen molar-refractivity contribution in [3.63, 3.8) is 0 Å². The van der Waals surface area contributed by atoms with Gasteiger partial charge in [0.05, 0.1) is 4.92 Å². The van der Waals surface area contributed by atoms with Gasteiger partial charge in [-0.15, -0.1) is 0 Å². The lowest BCUT2D eigenvalue weighted by molar-refractivity contribution is -0.384. The molecule has 132 valence electrons. The van der Waals surface area contributed by atoms with E-state index in [2.05, 4.69) is 5.32 Å². The van der Waals surface area contributed by atoms with E-state index in [1.165, 1.54) is 6.07 Å². The number of nitro benzene ring substituents is 1. The molecule has 0 saturated carbocycles. The topological polar surface area (TPSA) is 95.7 Å². The highest BCUT2D eigenvalue weighted by molar-refractivity contribution is 5.79. The van der Waals surface area contributed by atoms with Gasteiger partial charge in [0.2, 0.25) is 5.91 Å². The largest absolute Gasteiger partial charge is 0.396 e. The van der Waals surface area contributed by atoms with E-state index >= 15 is 0 Å². The summed E-state index contributed by atoms with van der Waals surface area (Å²) in [4.78, 5) is 25.1. The molecule has 0 aliphatic carbocycles. The van der Waals surface area contributed by atoms with Gasteiger partial charge in [0.25, 0.3) is 5.69 Å². The molecule has 0 radical (unpaired) electrons. The number of carbonyl (C=O) groups is 1. The van der Waals surface area contributed by atoms with Crippen LogP contribution < -0.4 is 10.2 Å². The van der Waals surface area contributed by atoms with Crippen LogP contribution in [0.3, 0.4) is 0 Å². The molecule has 1 aliphatic heterocycles. The molecule has 0 spiro atoms. The summed E-state index contributed by atoms with van der Waals surface area (Å²) in [5.41, 5.74) is 0.725. The summed E-state index contributed by atoms with van der Waals surface area (Å²) in [7, 11) is 0. The molecule has 7 heteroatoms. The number of nitrogens with zero attached hydrogens (tertiary/aromatic N) is 2. The Labute approximate surface area is 141 Å². The second-order valence-electron chi connectivity index (χ2n) is 6.13. The zero-order chi connectivity index (χ0) is 17.5. The van der Waals surface area contributed by atoms with Crippen molar-refractivity contribution in [3.05, 3.63) is 34.4 Å². The fourth-order valence-electron chi connectivity index (χ4n) is 3.12. The number of aliphatic hydroxyl groups is 1. The molecule has 1 heterocycles. The molecule has 2 N–H and O–H groups in total. The van der Waals surface area contributed by atoms with Crippen LogP contribution in [0.15, 0.2) is 24.3 Å². The highest BCUT2D eigenvalue weighted by atomic mass is 16.6. The van der Waals surface area contributed by atoms with Crippen LogP contribution in [0.4, 0.5) is 11.4 Å². The lowest BCUT2D eigenvalue weighted by atomic mass is 9.94. The summed E-state index contributed by atoms with van der Waals surface area (Å²) in [5, 5.41) is 23.2. The Kier molecular flexibility index (Phi) is 6.54. The predicted molar refractivity (Wildman–Crippen MR) is 92.0 cm³/mol.